The lowest BCUT2D eigenvalue weighted by Gasteiger charge is -2.23. The van der Waals surface area contributed by atoms with E-state index in [9.17, 15) is 30.8 Å². The first-order valence-corrected chi connectivity index (χ1v) is 9.82. The highest BCUT2D eigenvalue weighted by Crippen LogP contribution is 2.32. The van der Waals surface area contributed by atoms with Crippen LogP contribution in [-0.4, -0.2) is 25.5 Å². The highest BCUT2D eigenvalue weighted by atomic mass is 32.2. The molecule has 0 saturated carbocycles. The van der Waals surface area contributed by atoms with E-state index in [0.717, 1.165) is 37.3 Å². The van der Waals surface area contributed by atoms with E-state index in [2.05, 4.69) is 0 Å². The minimum absolute atomic E-state index is 0.0582. The molecule has 0 radical (unpaired) electrons. The van der Waals surface area contributed by atoms with Crippen molar-refractivity contribution in [3.63, 3.8) is 0 Å². The van der Waals surface area contributed by atoms with Crippen molar-refractivity contribution in [1.82, 2.24) is 0 Å². The third kappa shape index (κ3) is 5.40. The Morgan fingerprint density at radius 3 is 2.24 bits per heavy atom. The van der Waals surface area contributed by atoms with Crippen molar-refractivity contribution in [1.29, 1.82) is 5.26 Å². The molecule has 0 fully saturated rings. The Hall–Kier alpha value is -2.77. The number of ketones is 1. The zero-order chi connectivity index (χ0) is 22.0. The topological polar surface area (TPSA) is 101 Å². The van der Waals surface area contributed by atoms with E-state index in [1.54, 1.807) is 0 Å². The number of alkyl halides is 3. The van der Waals surface area contributed by atoms with E-state index in [1.807, 2.05) is 0 Å². The van der Waals surface area contributed by atoms with Gasteiger partial charge in [-0.1, -0.05) is 6.07 Å². The lowest BCUT2D eigenvalue weighted by atomic mass is 9.93. The Morgan fingerprint density at radius 2 is 1.72 bits per heavy atom. The molecule has 0 aliphatic carbocycles. The summed E-state index contributed by atoms with van der Waals surface area (Å²) in [5, 5.41) is 8.81. The summed E-state index contributed by atoms with van der Waals surface area (Å²) in [6.45, 7) is 1.16. The maximum absolute atomic E-state index is 13.1. The summed E-state index contributed by atoms with van der Waals surface area (Å²) in [5.41, 5.74) is 2.12. The summed E-state index contributed by atoms with van der Waals surface area (Å²) in [4.78, 5) is 12.3. The molecule has 0 aliphatic heterocycles. The third-order valence-corrected chi connectivity index (χ3v) is 6.14. The molecule has 0 aromatic heterocycles. The molecule has 0 aliphatic rings. The van der Waals surface area contributed by atoms with Crippen molar-refractivity contribution >= 4 is 15.6 Å². The summed E-state index contributed by atoms with van der Waals surface area (Å²) >= 11 is 0. The van der Waals surface area contributed by atoms with Crippen molar-refractivity contribution in [2.24, 2.45) is 5.73 Å². The standard InChI is InChI=1S/C19H16F4N2O3S/c1-18(25,11-29(27,28)15-6-4-14(20)5-7-15)17(26)9-12-2-3-13(10-24)16(8-12)19(21,22)23/h2-8H,9,11,25H2,1H3/t18-/m1/s1. The largest absolute Gasteiger partial charge is 0.417 e. The van der Waals surface area contributed by atoms with Gasteiger partial charge in [0, 0.05) is 6.42 Å². The second-order valence-corrected chi connectivity index (χ2v) is 8.71. The van der Waals surface area contributed by atoms with Crippen molar-refractivity contribution in [3.05, 3.63) is 65.0 Å². The number of carbonyl (C=O) groups excluding carboxylic acids is 1. The maximum atomic E-state index is 13.1. The number of hydrogen-bond donors (Lipinski definition) is 1. The fourth-order valence-corrected chi connectivity index (χ4v) is 4.29. The minimum Gasteiger partial charge on any atom is -0.318 e. The number of carbonyl (C=O) groups is 1. The van der Waals surface area contributed by atoms with E-state index in [4.69, 9.17) is 11.0 Å². The lowest BCUT2D eigenvalue weighted by molar-refractivity contribution is -0.138. The molecule has 0 heterocycles. The number of nitrogens with zero attached hydrogens (tertiary/aromatic N) is 1. The molecule has 29 heavy (non-hydrogen) atoms. The monoisotopic (exact) mass is 428 g/mol. The zero-order valence-corrected chi connectivity index (χ0v) is 15.9. The van der Waals surface area contributed by atoms with E-state index < -0.39 is 56.5 Å². The number of benzene rings is 2. The van der Waals surface area contributed by atoms with Crippen LogP contribution in [0.2, 0.25) is 0 Å². The number of sulfone groups is 1. The van der Waals surface area contributed by atoms with Crippen LogP contribution >= 0.6 is 0 Å². The fourth-order valence-electron chi connectivity index (χ4n) is 2.62. The second-order valence-electron chi connectivity index (χ2n) is 6.72. The van der Waals surface area contributed by atoms with Crippen LogP contribution in [0.4, 0.5) is 17.6 Å². The van der Waals surface area contributed by atoms with Crippen LogP contribution in [0.3, 0.4) is 0 Å². The molecule has 5 nitrogen and oxygen atoms in total. The van der Waals surface area contributed by atoms with Crippen LogP contribution in [0.15, 0.2) is 47.4 Å². The summed E-state index contributed by atoms with van der Waals surface area (Å²) in [6, 6.07) is 8.16. The molecule has 1 atom stereocenters. The quantitative estimate of drug-likeness (QED) is 0.563. The molecule has 2 N–H and O–H groups in total. The average molecular weight is 428 g/mol. The lowest BCUT2D eigenvalue weighted by Crippen LogP contribution is -2.51. The predicted octanol–water partition coefficient (Wildman–Crippen LogP) is 3.02. The van der Waals surface area contributed by atoms with Gasteiger partial charge >= 0.3 is 6.18 Å². The number of nitrogens with two attached hydrogens (primary N) is 1. The van der Waals surface area contributed by atoms with Crippen LogP contribution in [0.25, 0.3) is 0 Å². The molecule has 0 saturated heterocycles. The molecule has 0 unspecified atom stereocenters. The van der Waals surface area contributed by atoms with Crippen molar-refractivity contribution < 1.29 is 30.8 Å². The van der Waals surface area contributed by atoms with Crippen molar-refractivity contribution in [2.45, 2.75) is 30.0 Å². The van der Waals surface area contributed by atoms with Gasteiger partial charge in [0.1, 0.15) is 5.82 Å². The Bertz CT molecular complexity index is 1070. The fraction of sp³-hybridized carbons (Fsp3) is 0.263. The molecular formula is C19H16F4N2O3S. The first-order valence-electron chi connectivity index (χ1n) is 8.17. The Labute approximate surface area is 164 Å². The van der Waals surface area contributed by atoms with Crippen molar-refractivity contribution in [3.8, 4) is 6.07 Å². The molecular weight excluding hydrogens is 412 g/mol. The van der Waals surface area contributed by atoms with Gasteiger partial charge in [-0.25, -0.2) is 12.8 Å². The molecule has 0 amide bonds. The maximum Gasteiger partial charge on any atom is 0.417 e. The van der Waals surface area contributed by atoms with E-state index in [-0.39, 0.29) is 10.5 Å². The summed E-state index contributed by atoms with van der Waals surface area (Å²) in [6.07, 6.45) is -5.34. The van der Waals surface area contributed by atoms with Crippen LogP contribution in [-0.2, 0) is 27.2 Å². The van der Waals surface area contributed by atoms with Gasteiger partial charge in [-0.3, -0.25) is 4.79 Å². The van der Waals surface area contributed by atoms with Gasteiger partial charge in [-0.2, -0.15) is 18.4 Å². The molecule has 10 heteroatoms. The molecule has 2 rings (SSSR count). The molecule has 0 spiro atoms. The molecule has 2 aromatic rings. The van der Waals surface area contributed by atoms with Crippen LogP contribution in [0.1, 0.15) is 23.6 Å². The Kier molecular flexibility index (Phi) is 6.15. The van der Waals surface area contributed by atoms with Gasteiger partial charge in [0.2, 0.25) is 0 Å². The minimum atomic E-state index is -4.79. The number of rotatable bonds is 6. The van der Waals surface area contributed by atoms with E-state index in [0.29, 0.717) is 6.07 Å². The van der Waals surface area contributed by atoms with Crippen LogP contribution in [0.5, 0.6) is 0 Å². The van der Waals surface area contributed by atoms with Gasteiger partial charge in [0.05, 0.1) is 33.4 Å². The number of halogens is 4. The smallest absolute Gasteiger partial charge is 0.318 e. The van der Waals surface area contributed by atoms with Crippen LogP contribution < -0.4 is 5.73 Å². The predicted molar refractivity (Wildman–Crippen MR) is 95.9 cm³/mol. The number of Topliss-reactive ketones (excluding diaryl/α,β-unsaturated/α-hetero) is 1. The van der Waals surface area contributed by atoms with Gasteiger partial charge < -0.3 is 5.73 Å². The van der Waals surface area contributed by atoms with Gasteiger partial charge in [-0.05, 0) is 48.9 Å². The second kappa shape index (κ2) is 7.93. The highest BCUT2D eigenvalue weighted by molar-refractivity contribution is 7.91. The van der Waals surface area contributed by atoms with Gasteiger partial charge in [0.15, 0.2) is 15.6 Å². The average Bonchev–Trinajstić information content (AvgIpc) is 2.60. The molecule has 0 bridgehead atoms. The number of hydrogen-bond acceptors (Lipinski definition) is 5. The first-order chi connectivity index (χ1) is 13.3. The zero-order valence-electron chi connectivity index (χ0n) is 15.1. The number of nitriles is 1. The molecule has 2 aromatic carbocycles. The molecule has 154 valence electrons. The van der Waals surface area contributed by atoms with Crippen molar-refractivity contribution in [2.75, 3.05) is 5.75 Å². The third-order valence-electron chi connectivity index (χ3n) is 4.17. The summed E-state index contributed by atoms with van der Waals surface area (Å²) in [7, 11) is -4.05. The summed E-state index contributed by atoms with van der Waals surface area (Å²) < 4.78 is 77.0. The normalized spacial score (nSPS) is 14.1. The Balaban J connectivity index is 2.25. The van der Waals surface area contributed by atoms with Gasteiger partial charge in [0.25, 0.3) is 0 Å². The SMILES string of the molecule is C[C@@](N)(CS(=O)(=O)c1ccc(F)cc1)C(=O)Cc1ccc(C#N)c(C(F)(F)F)c1. The van der Waals surface area contributed by atoms with Gasteiger partial charge in [-0.15, -0.1) is 0 Å². The van der Waals surface area contributed by atoms with Crippen LogP contribution in [0, 0.1) is 17.1 Å². The highest BCUT2D eigenvalue weighted by Gasteiger charge is 2.36. The Morgan fingerprint density at radius 1 is 1.14 bits per heavy atom. The first kappa shape index (κ1) is 22.5. The van der Waals surface area contributed by atoms with E-state index >= 15 is 0 Å². The summed E-state index contributed by atoms with van der Waals surface area (Å²) in [5.74, 6) is -2.26. The van der Waals surface area contributed by atoms with E-state index in [1.165, 1.54) is 12.1 Å².